The lowest BCUT2D eigenvalue weighted by Crippen LogP contribution is -2.29. The van der Waals surface area contributed by atoms with Gasteiger partial charge in [0.15, 0.2) is 0 Å². The van der Waals surface area contributed by atoms with Crippen molar-refractivity contribution in [2.45, 2.75) is 32.2 Å². The highest BCUT2D eigenvalue weighted by Gasteiger charge is 2.20. The van der Waals surface area contributed by atoms with E-state index in [0.717, 1.165) is 29.7 Å². The Hall–Kier alpha value is -2.67. The molecule has 138 valence electrons. The number of carbonyl (C=O) groups is 3. The Morgan fingerprint density at radius 3 is 2.31 bits per heavy atom. The number of rotatable bonds is 9. The van der Waals surface area contributed by atoms with Gasteiger partial charge in [0.25, 0.3) is 11.8 Å². The van der Waals surface area contributed by atoms with Crippen LogP contribution in [0.2, 0.25) is 0 Å². The third-order valence-corrected chi connectivity index (χ3v) is 4.84. The highest BCUT2D eigenvalue weighted by Crippen LogP contribution is 2.20. The molecule has 0 aliphatic heterocycles. The van der Waals surface area contributed by atoms with Gasteiger partial charge in [-0.2, -0.15) is 0 Å². The fourth-order valence-corrected chi connectivity index (χ4v) is 3.21. The number of carboxylic acid groups (broad SMARTS) is 1. The van der Waals surface area contributed by atoms with Crippen molar-refractivity contribution in [3.63, 3.8) is 0 Å². The molecule has 1 atom stereocenters. The van der Waals surface area contributed by atoms with E-state index >= 15 is 0 Å². The maximum absolute atomic E-state index is 12.5. The largest absolute Gasteiger partial charge is 0.481 e. The van der Waals surface area contributed by atoms with E-state index in [2.05, 4.69) is 10.6 Å². The van der Waals surface area contributed by atoms with Crippen molar-refractivity contribution in [2.24, 2.45) is 0 Å². The lowest BCUT2D eigenvalue weighted by atomic mass is 10.0. The van der Waals surface area contributed by atoms with Crippen LogP contribution in [-0.2, 0) is 4.79 Å². The Labute approximate surface area is 156 Å². The van der Waals surface area contributed by atoms with Crippen molar-refractivity contribution in [1.82, 2.24) is 10.6 Å². The first kappa shape index (κ1) is 19.7. The standard InChI is InChI=1S/C19H22N2O4S/c1-2-3-11-20-18(24)15-9-10-16(26-15)19(25)21-14(12-17(22)23)13-7-5-4-6-8-13/h4-10,14H,2-3,11-12H2,1H3,(H,20,24)(H,21,25)(H,22,23). The molecule has 0 spiro atoms. The zero-order valence-electron chi connectivity index (χ0n) is 14.5. The van der Waals surface area contributed by atoms with Gasteiger partial charge in [0, 0.05) is 6.54 Å². The molecule has 1 unspecified atom stereocenters. The van der Waals surface area contributed by atoms with Gasteiger partial charge in [-0.1, -0.05) is 43.7 Å². The molecule has 2 rings (SSSR count). The number of thiophene rings is 1. The van der Waals surface area contributed by atoms with Crippen LogP contribution in [0, 0.1) is 0 Å². The quantitative estimate of drug-likeness (QED) is 0.587. The topological polar surface area (TPSA) is 95.5 Å². The Bertz CT molecular complexity index is 758. The summed E-state index contributed by atoms with van der Waals surface area (Å²) in [5, 5.41) is 14.7. The van der Waals surface area contributed by atoms with Crippen LogP contribution in [-0.4, -0.2) is 29.4 Å². The zero-order chi connectivity index (χ0) is 18.9. The first-order chi connectivity index (χ1) is 12.5. The fraction of sp³-hybridized carbons (Fsp3) is 0.316. The number of hydrogen-bond acceptors (Lipinski definition) is 4. The van der Waals surface area contributed by atoms with Crippen LogP contribution in [0.4, 0.5) is 0 Å². The molecule has 7 heteroatoms. The smallest absolute Gasteiger partial charge is 0.305 e. The van der Waals surface area contributed by atoms with Crippen LogP contribution in [0.3, 0.4) is 0 Å². The Kier molecular flexibility index (Phi) is 7.35. The van der Waals surface area contributed by atoms with E-state index in [1.54, 1.807) is 36.4 Å². The predicted molar refractivity (Wildman–Crippen MR) is 100 cm³/mol. The molecular formula is C19H22N2O4S. The molecule has 0 saturated heterocycles. The van der Waals surface area contributed by atoms with Gasteiger partial charge in [-0.15, -0.1) is 11.3 Å². The van der Waals surface area contributed by atoms with Crippen molar-refractivity contribution in [3.8, 4) is 0 Å². The predicted octanol–water partition coefficient (Wildman–Crippen LogP) is 3.22. The van der Waals surface area contributed by atoms with Crippen LogP contribution < -0.4 is 10.6 Å². The molecule has 0 saturated carbocycles. The van der Waals surface area contributed by atoms with Crippen molar-refractivity contribution < 1.29 is 19.5 Å². The normalized spacial score (nSPS) is 11.6. The maximum Gasteiger partial charge on any atom is 0.305 e. The number of benzene rings is 1. The van der Waals surface area contributed by atoms with E-state index in [9.17, 15) is 14.4 Å². The van der Waals surface area contributed by atoms with E-state index < -0.39 is 17.9 Å². The van der Waals surface area contributed by atoms with Crippen molar-refractivity contribution >= 4 is 29.1 Å². The zero-order valence-corrected chi connectivity index (χ0v) is 15.3. The number of unbranched alkanes of at least 4 members (excludes halogenated alkanes) is 1. The van der Waals surface area contributed by atoms with Gasteiger partial charge < -0.3 is 15.7 Å². The molecule has 1 aromatic heterocycles. The summed E-state index contributed by atoms with van der Waals surface area (Å²) in [6.07, 6.45) is 1.67. The Morgan fingerprint density at radius 2 is 1.69 bits per heavy atom. The maximum atomic E-state index is 12.5. The minimum absolute atomic E-state index is 0.201. The van der Waals surface area contributed by atoms with E-state index in [0.29, 0.717) is 16.3 Å². The van der Waals surface area contributed by atoms with E-state index in [-0.39, 0.29) is 12.3 Å². The highest BCUT2D eigenvalue weighted by atomic mass is 32.1. The summed E-state index contributed by atoms with van der Waals surface area (Å²) < 4.78 is 0. The van der Waals surface area contributed by atoms with Crippen LogP contribution in [0.1, 0.15) is 57.1 Å². The summed E-state index contributed by atoms with van der Waals surface area (Å²) in [6, 6.07) is 11.5. The van der Waals surface area contributed by atoms with Crippen molar-refractivity contribution in [2.75, 3.05) is 6.54 Å². The van der Waals surface area contributed by atoms with Gasteiger partial charge in [-0.05, 0) is 24.1 Å². The molecule has 1 aromatic carbocycles. The second kappa shape index (κ2) is 9.72. The molecule has 0 bridgehead atoms. The fourth-order valence-electron chi connectivity index (χ4n) is 2.39. The summed E-state index contributed by atoms with van der Waals surface area (Å²) in [5.74, 6) is -1.59. The monoisotopic (exact) mass is 374 g/mol. The van der Waals surface area contributed by atoms with Crippen molar-refractivity contribution in [3.05, 3.63) is 57.8 Å². The van der Waals surface area contributed by atoms with Crippen LogP contribution in [0.25, 0.3) is 0 Å². The average Bonchev–Trinajstić information content (AvgIpc) is 3.12. The van der Waals surface area contributed by atoms with E-state index in [1.807, 2.05) is 13.0 Å². The second-order valence-electron chi connectivity index (χ2n) is 5.81. The molecule has 6 nitrogen and oxygen atoms in total. The molecule has 2 amide bonds. The number of carboxylic acids is 1. The molecule has 1 heterocycles. The van der Waals surface area contributed by atoms with Crippen LogP contribution >= 0.6 is 11.3 Å². The minimum Gasteiger partial charge on any atom is -0.481 e. The second-order valence-corrected chi connectivity index (χ2v) is 6.89. The molecule has 3 N–H and O–H groups in total. The SMILES string of the molecule is CCCCNC(=O)c1ccc(C(=O)NC(CC(=O)O)c2ccccc2)s1. The Morgan fingerprint density at radius 1 is 1.04 bits per heavy atom. The third-order valence-electron chi connectivity index (χ3n) is 3.76. The summed E-state index contributed by atoms with van der Waals surface area (Å²) in [6.45, 7) is 2.64. The third kappa shape index (κ3) is 5.70. The van der Waals surface area contributed by atoms with Gasteiger partial charge in [-0.25, -0.2) is 0 Å². The number of nitrogens with one attached hydrogen (secondary N) is 2. The highest BCUT2D eigenvalue weighted by molar-refractivity contribution is 7.15. The number of amides is 2. The van der Waals surface area contributed by atoms with Crippen molar-refractivity contribution in [1.29, 1.82) is 0 Å². The minimum atomic E-state index is -0.999. The van der Waals surface area contributed by atoms with Gasteiger partial charge in [0.05, 0.1) is 22.2 Å². The number of aliphatic carboxylic acids is 1. The summed E-state index contributed by atoms with van der Waals surface area (Å²) in [5.41, 5.74) is 0.720. The van der Waals surface area contributed by atoms with Crippen LogP contribution in [0.5, 0.6) is 0 Å². The average molecular weight is 374 g/mol. The molecule has 0 aliphatic carbocycles. The van der Waals surface area contributed by atoms with Gasteiger partial charge in [0.2, 0.25) is 0 Å². The van der Waals surface area contributed by atoms with Gasteiger partial charge in [0.1, 0.15) is 0 Å². The van der Waals surface area contributed by atoms with E-state index in [4.69, 9.17) is 5.11 Å². The molecule has 2 aromatic rings. The van der Waals surface area contributed by atoms with E-state index in [1.165, 1.54) is 0 Å². The molecule has 0 radical (unpaired) electrons. The summed E-state index contributed by atoms with van der Waals surface area (Å²) in [7, 11) is 0. The summed E-state index contributed by atoms with van der Waals surface area (Å²) >= 11 is 1.09. The molecule has 0 fully saturated rings. The summed E-state index contributed by atoms with van der Waals surface area (Å²) in [4.78, 5) is 36.5. The molecule has 0 aliphatic rings. The first-order valence-corrected chi connectivity index (χ1v) is 9.28. The lowest BCUT2D eigenvalue weighted by molar-refractivity contribution is -0.137. The van der Waals surface area contributed by atoms with Gasteiger partial charge in [-0.3, -0.25) is 14.4 Å². The number of hydrogen-bond donors (Lipinski definition) is 3. The molecular weight excluding hydrogens is 352 g/mol. The first-order valence-electron chi connectivity index (χ1n) is 8.47. The number of carbonyl (C=O) groups excluding carboxylic acids is 2. The lowest BCUT2D eigenvalue weighted by Gasteiger charge is -2.16. The van der Waals surface area contributed by atoms with Gasteiger partial charge >= 0.3 is 5.97 Å². The molecule has 26 heavy (non-hydrogen) atoms. The Balaban J connectivity index is 2.05. The van der Waals surface area contributed by atoms with Crippen LogP contribution in [0.15, 0.2) is 42.5 Å².